The van der Waals surface area contributed by atoms with Gasteiger partial charge in [0.25, 0.3) is 5.91 Å². The van der Waals surface area contributed by atoms with E-state index in [-0.39, 0.29) is 16.8 Å². The zero-order chi connectivity index (χ0) is 14.9. The van der Waals surface area contributed by atoms with Crippen molar-refractivity contribution in [2.75, 3.05) is 19.3 Å². The molecule has 1 amide bonds. The highest BCUT2D eigenvalue weighted by Crippen LogP contribution is 2.21. The maximum absolute atomic E-state index is 12.2. The van der Waals surface area contributed by atoms with E-state index < -0.39 is 16.0 Å². The molecule has 0 unspecified atom stereocenters. The number of carboxylic acid groups (broad SMARTS) is 1. The lowest BCUT2D eigenvalue weighted by atomic mass is 10.3. The summed E-state index contributed by atoms with van der Waals surface area (Å²) in [5.41, 5.74) is 0. The summed E-state index contributed by atoms with van der Waals surface area (Å²) in [6.07, 6.45) is 1.63. The van der Waals surface area contributed by atoms with E-state index in [4.69, 9.17) is 5.11 Å². The Morgan fingerprint density at radius 1 is 1.40 bits per heavy atom. The number of carboxylic acids is 1. The van der Waals surface area contributed by atoms with Crippen molar-refractivity contribution in [3.63, 3.8) is 0 Å². The fourth-order valence-corrected chi connectivity index (χ4v) is 3.68. The minimum absolute atomic E-state index is 0.110. The SMILES string of the molecule is CS(=O)(=O)N[C@@H]1CCN(C(=O)c2ccc(C(=O)O)s2)C1. The first-order valence-corrected chi connectivity index (χ1v) is 8.57. The standard InChI is InChI=1S/C11H14N2O5S2/c1-20(17,18)12-7-4-5-13(6-7)10(14)8-2-3-9(19-8)11(15)16/h2-3,7,12H,4-6H2,1H3,(H,15,16)/t7-/m1/s1. The Bertz CT molecular complexity index is 637. The first-order valence-electron chi connectivity index (χ1n) is 5.86. The number of amides is 1. The summed E-state index contributed by atoms with van der Waals surface area (Å²) in [6, 6.07) is 2.59. The molecule has 1 fully saturated rings. The topological polar surface area (TPSA) is 104 Å². The number of rotatable bonds is 4. The van der Waals surface area contributed by atoms with Gasteiger partial charge < -0.3 is 10.0 Å². The Balaban J connectivity index is 2.02. The molecule has 1 aliphatic heterocycles. The van der Waals surface area contributed by atoms with Crippen LogP contribution in [0.15, 0.2) is 12.1 Å². The molecule has 0 radical (unpaired) electrons. The van der Waals surface area contributed by atoms with E-state index in [0.29, 0.717) is 24.4 Å². The van der Waals surface area contributed by atoms with Crippen LogP contribution in [0.1, 0.15) is 25.8 Å². The van der Waals surface area contributed by atoms with Crippen molar-refractivity contribution in [2.45, 2.75) is 12.5 Å². The van der Waals surface area contributed by atoms with Crippen LogP contribution >= 0.6 is 11.3 Å². The summed E-state index contributed by atoms with van der Waals surface area (Å²) in [5, 5.41) is 8.82. The van der Waals surface area contributed by atoms with Gasteiger partial charge in [-0.2, -0.15) is 0 Å². The van der Waals surface area contributed by atoms with Crippen LogP contribution in [0.5, 0.6) is 0 Å². The molecular formula is C11H14N2O5S2. The van der Waals surface area contributed by atoms with Gasteiger partial charge in [0.2, 0.25) is 10.0 Å². The molecule has 1 saturated heterocycles. The Kier molecular flexibility index (Phi) is 4.11. The normalized spacial score (nSPS) is 19.2. The van der Waals surface area contributed by atoms with Crippen molar-refractivity contribution in [3.05, 3.63) is 21.9 Å². The summed E-state index contributed by atoms with van der Waals surface area (Å²) in [4.78, 5) is 24.9. The van der Waals surface area contributed by atoms with Gasteiger partial charge in [-0.1, -0.05) is 0 Å². The molecule has 2 N–H and O–H groups in total. The third-order valence-corrected chi connectivity index (χ3v) is 4.71. The predicted octanol–water partition coefficient (Wildman–Crippen LogP) is 0.210. The van der Waals surface area contributed by atoms with Crippen LogP contribution in [0.25, 0.3) is 0 Å². The number of aromatic carboxylic acids is 1. The van der Waals surface area contributed by atoms with Crippen LogP contribution in [0, 0.1) is 0 Å². The lowest BCUT2D eigenvalue weighted by Crippen LogP contribution is -2.37. The third kappa shape index (κ3) is 3.56. The molecule has 1 aliphatic rings. The number of sulfonamides is 1. The molecule has 2 heterocycles. The fraction of sp³-hybridized carbons (Fsp3) is 0.455. The molecule has 0 aliphatic carbocycles. The molecule has 1 aromatic heterocycles. The van der Waals surface area contributed by atoms with Crippen LogP contribution in [0.4, 0.5) is 0 Å². The fourth-order valence-electron chi connectivity index (χ4n) is 2.07. The monoisotopic (exact) mass is 318 g/mol. The summed E-state index contributed by atoms with van der Waals surface area (Å²) >= 11 is 0.921. The van der Waals surface area contributed by atoms with E-state index >= 15 is 0 Å². The summed E-state index contributed by atoms with van der Waals surface area (Å²) < 4.78 is 24.7. The van der Waals surface area contributed by atoms with Gasteiger partial charge >= 0.3 is 5.97 Å². The predicted molar refractivity (Wildman–Crippen MR) is 73.6 cm³/mol. The maximum Gasteiger partial charge on any atom is 0.345 e. The first kappa shape index (κ1) is 14.9. The van der Waals surface area contributed by atoms with Crippen molar-refractivity contribution < 1.29 is 23.1 Å². The van der Waals surface area contributed by atoms with E-state index in [9.17, 15) is 18.0 Å². The van der Waals surface area contributed by atoms with Crippen molar-refractivity contribution >= 4 is 33.2 Å². The van der Waals surface area contributed by atoms with Crippen LogP contribution < -0.4 is 4.72 Å². The van der Waals surface area contributed by atoms with E-state index in [1.165, 1.54) is 17.0 Å². The summed E-state index contributed by atoms with van der Waals surface area (Å²) in [7, 11) is -3.29. The van der Waals surface area contributed by atoms with Crippen LogP contribution in [-0.2, 0) is 10.0 Å². The van der Waals surface area contributed by atoms with Gasteiger partial charge in [-0.05, 0) is 18.6 Å². The smallest absolute Gasteiger partial charge is 0.345 e. The number of nitrogens with one attached hydrogen (secondary N) is 1. The number of carbonyl (C=O) groups is 2. The average molecular weight is 318 g/mol. The Morgan fingerprint density at radius 2 is 2.05 bits per heavy atom. The molecule has 20 heavy (non-hydrogen) atoms. The molecular weight excluding hydrogens is 304 g/mol. The molecule has 7 nitrogen and oxygen atoms in total. The minimum atomic E-state index is -3.29. The quantitative estimate of drug-likeness (QED) is 0.826. The lowest BCUT2D eigenvalue weighted by Gasteiger charge is -2.15. The molecule has 9 heteroatoms. The second-order valence-corrected chi connectivity index (χ2v) is 7.46. The van der Waals surface area contributed by atoms with Crippen molar-refractivity contribution in [1.29, 1.82) is 0 Å². The number of carbonyl (C=O) groups excluding carboxylic acids is 1. The first-order chi connectivity index (χ1) is 9.26. The third-order valence-electron chi connectivity index (χ3n) is 2.88. The van der Waals surface area contributed by atoms with E-state index in [1.54, 1.807) is 0 Å². The number of likely N-dealkylation sites (tertiary alicyclic amines) is 1. The van der Waals surface area contributed by atoms with Gasteiger partial charge in [0, 0.05) is 19.1 Å². The molecule has 1 aromatic rings. The molecule has 0 bridgehead atoms. The Labute approximate surface area is 120 Å². The van der Waals surface area contributed by atoms with Crippen LogP contribution in [-0.4, -0.2) is 55.7 Å². The maximum atomic E-state index is 12.2. The molecule has 0 aromatic carbocycles. The zero-order valence-corrected chi connectivity index (χ0v) is 12.3. The Morgan fingerprint density at radius 3 is 2.60 bits per heavy atom. The average Bonchev–Trinajstić information content (AvgIpc) is 2.93. The second kappa shape index (κ2) is 5.51. The van der Waals surface area contributed by atoms with E-state index in [2.05, 4.69) is 4.72 Å². The van der Waals surface area contributed by atoms with Gasteiger partial charge in [-0.15, -0.1) is 11.3 Å². The largest absolute Gasteiger partial charge is 0.477 e. The van der Waals surface area contributed by atoms with Gasteiger partial charge in [0.15, 0.2) is 0 Å². The van der Waals surface area contributed by atoms with E-state index in [0.717, 1.165) is 17.6 Å². The van der Waals surface area contributed by atoms with Gasteiger partial charge in [-0.25, -0.2) is 17.9 Å². The molecule has 0 spiro atoms. The van der Waals surface area contributed by atoms with Crippen molar-refractivity contribution in [2.24, 2.45) is 0 Å². The molecule has 110 valence electrons. The van der Waals surface area contributed by atoms with E-state index in [1.807, 2.05) is 0 Å². The van der Waals surface area contributed by atoms with Crippen LogP contribution in [0.2, 0.25) is 0 Å². The number of hydrogen-bond donors (Lipinski definition) is 2. The van der Waals surface area contributed by atoms with Crippen molar-refractivity contribution in [3.8, 4) is 0 Å². The molecule has 0 saturated carbocycles. The van der Waals surface area contributed by atoms with Crippen molar-refractivity contribution in [1.82, 2.24) is 9.62 Å². The lowest BCUT2D eigenvalue weighted by molar-refractivity contribution is 0.0701. The van der Waals surface area contributed by atoms with Crippen LogP contribution in [0.3, 0.4) is 0 Å². The van der Waals surface area contributed by atoms with Gasteiger partial charge in [0.05, 0.1) is 11.1 Å². The Hall–Kier alpha value is -1.45. The minimum Gasteiger partial charge on any atom is -0.477 e. The summed E-state index contributed by atoms with van der Waals surface area (Å²) in [5.74, 6) is -1.33. The second-order valence-electron chi connectivity index (χ2n) is 4.60. The molecule has 2 rings (SSSR count). The number of nitrogens with zero attached hydrogens (tertiary/aromatic N) is 1. The van der Waals surface area contributed by atoms with Gasteiger partial charge in [-0.3, -0.25) is 4.79 Å². The number of hydrogen-bond acceptors (Lipinski definition) is 5. The highest BCUT2D eigenvalue weighted by atomic mass is 32.2. The molecule has 1 atom stereocenters. The highest BCUT2D eigenvalue weighted by molar-refractivity contribution is 7.88. The zero-order valence-electron chi connectivity index (χ0n) is 10.7. The highest BCUT2D eigenvalue weighted by Gasteiger charge is 2.29. The summed E-state index contributed by atoms with van der Waals surface area (Å²) in [6.45, 7) is 0.749. The number of thiophene rings is 1. The van der Waals surface area contributed by atoms with Gasteiger partial charge in [0.1, 0.15) is 4.88 Å².